The molecule has 2 rings (SSSR count). The Balaban J connectivity index is 1.61. The molecule has 1 aromatic carbocycles. The van der Waals surface area contributed by atoms with Crippen molar-refractivity contribution in [1.82, 2.24) is 15.6 Å². The smallest absolute Gasteiger partial charge is 0.252 e. The van der Waals surface area contributed by atoms with Gasteiger partial charge in [0.1, 0.15) is 0 Å². The maximum Gasteiger partial charge on any atom is 0.252 e. The van der Waals surface area contributed by atoms with Crippen molar-refractivity contribution in [3.63, 3.8) is 0 Å². The van der Waals surface area contributed by atoms with Gasteiger partial charge in [-0.3, -0.25) is 9.59 Å². The maximum absolute atomic E-state index is 12.0. The Bertz CT molecular complexity index is 928. The number of carbonyl (C=O) groups excluding carboxylic acids is 2. The van der Waals surface area contributed by atoms with Crippen LogP contribution in [0.15, 0.2) is 47.5 Å². The largest absolute Gasteiger partial charge is 0.481 e. The number of unbranched alkanes of at least 4 members (excludes halogenated alkanes) is 2. The number of pyridine rings is 1. The molecule has 0 aliphatic carbocycles. The first-order valence-electron chi connectivity index (χ1n) is 9.00. The first kappa shape index (κ1) is 22.3. The van der Waals surface area contributed by atoms with Gasteiger partial charge in [0.05, 0.1) is 17.6 Å². The molecule has 29 heavy (non-hydrogen) atoms. The molecule has 0 unspecified atom stereocenters. The Morgan fingerprint density at radius 2 is 1.48 bits per heavy atom. The van der Waals surface area contributed by atoms with Crippen LogP contribution in [0.4, 0.5) is 0 Å². The van der Waals surface area contributed by atoms with E-state index in [9.17, 15) is 18.0 Å². The topological polar surface area (TPSA) is 140 Å². The Morgan fingerprint density at radius 3 is 1.97 bits per heavy atom. The lowest BCUT2D eigenvalue weighted by molar-refractivity contribution is 0.0947. The molecule has 0 aliphatic rings. The van der Waals surface area contributed by atoms with Crippen molar-refractivity contribution in [2.45, 2.75) is 24.2 Å². The molecule has 9 nitrogen and oxygen atoms in total. The number of methoxy groups -OCH3 is 1. The molecule has 2 amide bonds. The van der Waals surface area contributed by atoms with Gasteiger partial charge in [-0.25, -0.2) is 18.5 Å². The molecule has 10 heteroatoms. The van der Waals surface area contributed by atoms with Crippen LogP contribution in [0.1, 0.15) is 40.0 Å². The van der Waals surface area contributed by atoms with Gasteiger partial charge in [0, 0.05) is 30.9 Å². The summed E-state index contributed by atoms with van der Waals surface area (Å²) >= 11 is 0. The summed E-state index contributed by atoms with van der Waals surface area (Å²) in [5.74, 6) is -0.0355. The lowest BCUT2D eigenvalue weighted by atomic mass is 10.2. The Morgan fingerprint density at radius 1 is 0.931 bits per heavy atom. The Hall–Kier alpha value is -2.98. The third-order valence-corrected chi connectivity index (χ3v) is 5.01. The first-order valence-corrected chi connectivity index (χ1v) is 10.5. The van der Waals surface area contributed by atoms with Gasteiger partial charge in [0.2, 0.25) is 15.9 Å². The van der Waals surface area contributed by atoms with E-state index in [-0.39, 0.29) is 16.7 Å². The average molecular weight is 420 g/mol. The fourth-order valence-corrected chi connectivity index (χ4v) is 2.98. The molecule has 0 fully saturated rings. The zero-order valence-corrected chi connectivity index (χ0v) is 16.9. The minimum Gasteiger partial charge on any atom is -0.481 e. The number of hydrogen-bond acceptors (Lipinski definition) is 6. The molecular weight excluding hydrogens is 396 g/mol. The molecule has 0 saturated carbocycles. The predicted octanol–water partition coefficient (Wildman–Crippen LogP) is 1.07. The number of carbonyl (C=O) groups is 2. The van der Waals surface area contributed by atoms with E-state index in [0.717, 1.165) is 19.3 Å². The minimum atomic E-state index is -3.77. The lowest BCUT2D eigenvalue weighted by Crippen LogP contribution is -2.26. The number of hydrogen-bond donors (Lipinski definition) is 3. The van der Waals surface area contributed by atoms with E-state index >= 15 is 0 Å². The average Bonchev–Trinajstić information content (AvgIpc) is 2.72. The van der Waals surface area contributed by atoms with Gasteiger partial charge in [-0.15, -0.1) is 0 Å². The fourth-order valence-electron chi connectivity index (χ4n) is 2.47. The molecule has 1 heterocycles. The number of benzene rings is 1. The minimum absolute atomic E-state index is 0.0403. The predicted molar refractivity (Wildman–Crippen MR) is 107 cm³/mol. The molecule has 0 bridgehead atoms. The number of nitrogens with two attached hydrogens (primary N) is 1. The summed E-state index contributed by atoms with van der Waals surface area (Å²) in [5.41, 5.74) is 0.823. The van der Waals surface area contributed by atoms with Crippen LogP contribution in [-0.2, 0) is 10.0 Å². The van der Waals surface area contributed by atoms with Crippen LogP contribution in [0.5, 0.6) is 5.88 Å². The Labute approximate surface area is 169 Å². The van der Waals surface area contributed by atoms with Gasteiger partial charge in [-0.2, -0.15) is 0 Å². The maximum atomic E-state index is 12.0. The molecule has 1 aromatic heterocycles. The van der Waals surface area contributed by atoms with Gasteiger partial charge < -0.3 is 15.4 Å². The van der Waals surface area contributed by atoms with Crippen molar-refractivity contribution in [3.05, 3.63) is 53.7 Å². The normalized spacial score (nSPS) is 11.0. The molecule has 0 spiro atoms. The highest BCUT2D eigenvalue weighted by atomic mass is 32.2. The van der Waals surface area contributed by atoms with Gasteiger partial charge in [-0.1, -0.05) is 0 Å². The van der Waals surface area contributed by atoms with Crippen molar-refractivity contribution in [3.8, 4) is 5.88 Å². The van der Waals surface area contributed by atoms with Gasteiger partial charge in [-0.05, 0) is 49.6 Å². The van der Waals surface area contributed by atoms with Crippen LogP contribution in [0.25, 0.3) is 0 Å². The second-order valence-corrected chi connectivity index (χ2v) is 7.79. The highest BCUT2D eigenvalue weighted by molar-refractivity contribution is 7.89. The fraction of sp³-hybridized carbons (Fsp3) is 0.316. The summed E-state index contributed by atoms with van der Waals surface area (Å²) in [6.45, 7) is 1.000. The third kappa shape index (κ3) is 7.16. The van der Waals surface area contributed by atoms with E-state index in [1.165, 1.54) is 37.6 Å². The van der Waals surface area contributed by atoms with E-state index in [2.05, 4.69) is 15.6 Å². The van der Waals surface area contributed by atoms with Crippen molar-refractivity contribution in [2.75, 3.05) is 20.2 Å². The molecule has 156 valence electrons. The van der Waals surface area contributed by atoms with Crippen LogP contribution in [-0.4, -0.2) is 45.4 Å². The van der Waals surface area contributed by atoms with Crippen LogP contribution < -0.4 is 20.5 Å². The van der Waals surface area contributed by atoms with Gasteiger partial charge in [0.25, 0.3) is 11.8 Å². The zero-order chi connectivity index (χ0) is 21.3. The molecule has 0 saturated heterocycles. The number of rotatable bonds is 10. The number of primary sulfonamides is 1. The highest BCUT2D eigenvalue weighted by Crippen LogP contribution is 2.09. The summed E-state index contributed by atoms with van der Waals surface area (Å²) in [7, 11) is -2.26. The van der Waals surface area contributed by atoms with E-state index in [4.69, 9.17) is 9.88 Å². The zero-order valence-electron chi connectivity index (χ0n) is 16.1. The van der Waals surface area contributed by atoms with E-state index < -0.39 is 10.0 Å². The molecule has 2 aromatic rings. The number of ether oxygens (including phenoxy) is 1. The number of amides is 2. The molecule has 0 radical (unpaired) electrons. The monoisotopic (exact) mass is 420 g/mol. The molecule has 0 aliphatic heterocycles. The third-order valence-electron chi connectivity index (χ3n) is 4.08. The number of nitrogens with one attached hydrogen (secondary N) is 2. The SMILES string of the molecule is COc1ccc(C(=O)NCCCCCNC(=O)c2ccc(S(N)(=O)=O)cc2)cn1. The second-order valence-electron chi connectivity index (χ2n) is 6.23. The van der Waals surface area contributed by atoms with Crippen molar-refractivity contribution in [2.24, 2.45) is 5.14 Å². The first-order chi connectivity index (χ1) is 13.8. The highest BCUT2D eigenvalue weighted by Gasteiger charge is 2.10. The van der Waals surface area contributed by atoms with Gasteiger partial charge >= 0.3 is 0 Å². The molecular formula is C19H24N4O5S. The number of sulfonamides is 1. The van der Waals surface area contributed by atoms with E-state index in [0.29, 0.717) is 30.1 Å². The van der Waals surface area contributed by atoms with Crippen LogP contribution in [0.3, 0.4) is 0 Å². The standard InChI is InChI=1S/C19H24N4O5S/c1-28-17-10-7-15(13-23-17)19(25)22-12-4-2-3-11-21-18(24)14-5-8-16(9-6-14)29(20,26)27/h5-10,13H,2-4,11-12H2,1H3,(H,21,24)(H,22,25)(H2,20,26,27). The number of aromatic nitrogens is 1. The van der Waals surface area contributed by atoms with Crippen molar-refractivity contribution < 1.29 is 22.7 Å². The summed E-state index contributed by atoms with van der Waals surface area (Å²) in [6.07, 6.45) is 3.81. The second kappa shape index (κ2) is 10.5. The van der Waals surface area contributed by atoms with E-state index in [1.807, 2.05) is 0 Å². The summed E-state index contributed by atoms with van der Waals surface area (Å²) in [4.78, 5) is 27.9. The summed E-state index contributed by atoms with van der Waals surface area (Å²) in [5, 5.41) is 10.6. The van der Waals surface area contributed by atoms with Crippen molar-refractivity contribution >= 4 is 21.8 Å². The van der Waals surface area contributed by atoms with Crippen LogP contribution in [0, 0.1) is 0 Å². The van der Waals surface area contributed by atoms with Crippen LogP contribution >= 0.6 is 0 Å². The number of nitrogens with zero attached hydrogens (tertiary/aromatic N) is 1. The van der Waals surface area contributed by atoms with Gasteiger partial charge in [0.15, 0.2) is 0 Å². The quantitative estimate of drug-likeness (QED) is 0.491. The molecule has 0 atom stereocenters. The molecule has 4 N–H and O–H groups in total. The van der Waals surface area contributed by atoms with Crippen molar-refractivity contribution in [1.29, 1.82) is 0 Å². The lowest BCUT2D eigenvalue weighted by Gasteiger charge is -2.07. The van der Waals surface area contributed by atoms with Crippen LogP contribution in [0.2, 0.25) is 0 Å². The summed E-state index contributed by atoms with van der Waals surface area (Å²) in [6, 6.07) is 8.69. The van der Waals surface area contributed by atoms with E-state index in [1.54, 1.807) is 12.1 Å². The summed E-state index contributed by atoms with van der Waals surface area (Å²) < 4.78 is 27.4. The Kier molecular flexibility index (Phi) is 8.10.